The van der Waals surface area contributed by atoms with Crippen molar-refractivity contribution in [3.05, 3.63) is 29.3 Å². The van der Waals surface area contributed by atoms with Gasteiger partial charge in [0.25, 0.3) is 5.91 Å². The molecule has 108 valence electrons. The van der Waals surface area contributed by atoms with Gasteiger partial charge in [0, 0.05) is 25.8 Å². The Morgan fingerprint density at radius 3 is 2.55 bits per heavy atom. The lowest BCUT2D eigenvalue weighted by Crippen LogP contribution is -2.33. The van der Waals surface area contributed by atoms with Crippen molar-refractivity contribution in [1.29, 1.82) is 0 Å². The van der Waals surface area contributed by atoms with Gasteiger partial charge in [-0.15, -0.1) is 0 Å². The summed E-state index contributed by atoms with van der Waals surface area (Å²) < 4.78 is 0. The highest BCUT2D eigenvalue weighted by Crippen LogP contribution is 2.26. The molecule has 0 bridgehead atoms. The maximum Gasteiger partial charge on any atom is 0.323 e. The van der Waals surface area contributed by atoms with Gasteiger partial charge in [-0.05, 0) is 31.9 Å². The molecule has 1 N–H and O–H groups in total. The van der Waals surface area contributed by atoms with Gasteiger partial charge in [-0.1, -0.05) is 11.6 Å². The SMILES string of the molecule is Cc1ccc(N2CCCC2)c(C(=O)N(C)CC(=O)O)c1. The van der Waals surface area contributed by atoms with Gasteiger partial charge in [0.2, 0.25) is 0 Å². The number of aryl methyl sites for hydroxylation is 1. The van der Waals surface area contributed by atoms with Crippen LogP contribution in [-0.4, -0.2) is 48.6 Å². The van der Waals surface area contributed by atoms with Crippen molar-refractivity contribution in [2.45, 2.75) is 19.8 Å². The Hall–Kier alpha value is -2.04. The molecule has 1 aliphatic heterocycles. The molecule has 0 aliphatic carbocycles. The summed E-state index contributed by atoms with van der Waals surface area (Å²) in [7, 11) is 1.52. The van der Waals surface area contributed by atoms with Crippen molar-refractivity contribution in [1.82, 2.24) is 4.90 Å². The molecule has 5 nitrogen and oxygen atoms in total. The zero-order chi connectivity index (χ0) is 14.7. The lowest BCUT2D eigenvalue weighted by Gasteiger charge is -2.23. The molecule has 1 saturated heterocycles. The number of likely N-dealkylation sites (N-methyl/N-ethyl adjacent to an activating group) is 1. The Balaban J connectivity index is 2.31. The maximum absolute atomic E-state index is 12.4. The Morgan fingerprint density at radius 1 is 1.30 bits per heavy atom. The second-order valence-corrected chi connectivity index (χ2v) is 5.27. The van der Waals surface area contributed by atoms with Crippen molar-refractivity contribution < 1.29 is 14.7 Å². The van der Waals surface area contributed by atoms with E-state index in [4.69, 9.17) is 5.11 Å². The van der Waals surface area contributed by atoms with Crippen LogP contribution in [0.5, 0.6) is 0 Å². The van der Waals surface area contributed by atoms with Crippen molar-refractivity contribution >= 4 is 17.6 Å². The first-order valence-electron chi connectivity index (χ1n) is 6.82. The fourth-order valence-corrected chi connectivity index (χ4v) is 2.54. The van der Waals surface area contributed by atoms with E-state index in [0.29, 0.717) is 5.56 Å². The van der Waals surface area contributed by atoms with Gasteiger partial charge >= 0.3 is 5.97 Å². The Bertz CT molecular complexity index is 522. The molecule has 1 aromatic rings. The van der Waals surface area contributed by atoms with Crippen LogP contribution in [0.2, 0.25) is 0 Å². The minimum atomic E-state index is -1.00. The van der Waals surface area contributed by atoms with Crippen molar-refractivity contribution in [3.63, 3.8) is 0 Å². The first-order chi connectivity index (χ1) is 9.49. The van der Waals surface area contributed by atoms with E-state index in [9.17, 15) is 9.59 Å². The Morgan fingerprint density at radius 2 is 1.95 bits per heavy atom. The number of hydrogen-bond donors (Lipinski definition) is 1. The van der Waals surface area contributed by atoms with Crippen LogP contribution in [0.4, 0.5) is 5.69 Å². The Labute approximate surface area is 118 Å². The molecule has 1 aliphatic rings. The number of aliphatic carboxylic acids is 1. The summed E-state index contributed by atoms with van der Waals surface area (Å²) in [4.78, 5) is 26.6. The molecule has 0 aromatic heterocycles. The van der Waals surface area contributed by atoms with Crippen molar-refractivity contribution in [2.75, 3.05) is 31.6 Å². The van der Waals surface area contributed by atoms with Gasteiger partial charge < -0.3 is 14.9 Å². The number of anilines is 1. The van der Waals surface area contributed by atoms with E-state index in [-0.39, 0.29) is 12.5 Å². The molecule has 5 heteroatoms. The number of carbonyl (C=O) groups is 2. The van der Waals surface area contributed by atoms with E-state index in [1.807, 2.05) is 25.1 Å². The van der Waals surface area contributed by atoms with Gasteiger partial charge in [0.05, 0.1) is 5.56 Å². The molecule has 1 heterocycles. The van der Waals surface area contributed by atoms with E-state index in [0.717, 1.165) is 37.2 Å². The van der Waals surface area contributed by atoms with E-state index in [2.05, 4.69) is 4.90 Å². The van der Waals surface area contributed by atoms with Crippen LogP contribution < -0.4 is 4.90 Å². The first kappa shape index (κ1) is 14.4. The molecule has 0 radical (unpaired) electrons. The molecule has 1 aromatic carbocycles. The molecule has 0 atom stereocenters. The average molecular weight is 276 g/mol. The fraction of sp³-hybridized carbons (Fsp3) is 0.467. The van der Waals surface area contributed by atoms with Gasteiger partial charge in [-0.25, -0.2) is 0 Å². The predicted octanol–water partition coefficient (Wildman–Crippen LogP) is 1.75. The smallest absolute Gasteiger partial charge is 0.323 e. The minimum absolute atomic E-state index is 0.238. The molecule has 1 amide bonds. The molecular weight excluding hydrogens is 256 g/mol. The van der Waals surface area contributed by atoms with Crippen molar-refractivity contribution in [3.8, 4) is 0 Å². The van der Waals surface area contributed by atoms with E-state index in [1.165, 1.54) is 11.9 Å². The van der Waals surface area contributed by atoms with Gasteiger partial charge in [-0.3, -0.25) is 9.59 Å². The molecule has 1 fully saturated rings. The molecule has 20 heavy (non-hydrogen) atoms. The van der Waals surface area contributed by atoms with E-state index >= 15 is 0 Å². The molecule has 2 rings (SSSR count). The highest BCUT2D eigenvalue weighted by Gasteiger charge is 2.22. The standard InChI is InChI=1S/C15H20N2O3/c1-11-5-6-13(17-7-3-4-8-17)12(9-11)15(20)16(2)10-14(18)19/h5-6,9H,3-4,7-8,10H2,1-2H3,(H,18,19). The van der Waals surface area contributed by atoms with Gasteiger partial charge in [0.15, 0.2) is 0 Å². The lowest BCUT2D eigenvalue weighted by molar-refractivity contribution is -0.137. The number of carboxylic acids is 1. The highest BCUT2D eigenvalue weighted by atomic mass is 16.4. The van der Waals surface area contributed by atoms with Gasteiger partial charge in [-0.2, -0.15) is 0 Å². The number of carboxylic acid groups (broad SMARTS) is 1. The number of amides is 1. The number of carbonyl (C=O) groups excluding carboxylic acids is 1. The summed E-state index contributed by atoms with van der Waals surface area (Å²) in [5.41, 5.74) is 2.51. The number of nitrogens with zero attached hydrogens (tertiary/aromatic N) is 2. The van der Waals surface area contributed by atoms with E-state index < -0.39 is 5.97 Å². The second-order valence-electron chi connectivity index (χ2n) is 5.27. The topological polar surface area (TPSA) is 60.9 Å². The average Bonchev–Trinajstić information content (AvgIpc) is 2.90. The fourth-order valence-electron chi connectivity index (χ4n) is 2.54. The summed E-state index contributed by atoms with van der Waals surface area (Å²) >= 11 is 0. The third-order valence-corrected chi connectivity index (χ3v) is 3.55. The van der Waals surface area contributed by atoms with Crippen LogP contribution in [0.1, 0.15) is 28.8 Å². The third kappa shape index (κ3) is 3.10. The molecular formula is C15H20N2O3. The number of benzene rings is 1. The summed E-state index contributed by atoms with van der Waals surface area (Å²) in [6, 6.07) is 5.79. The molecule has 0 unspecified atom stereocenters. The molecule has 0 spiro atoms. The third-order valence-electron chi connectivity index (χ3n) is 3.55. The zero-order valence-electron chi connectivity index (χ0n) is 11.9. The van der Waals surface area contributed by atoms with Crippen molar-refractivity contribution in [2.24, 2.45) is 0 Å². The van der Waals surface area contributed by atoms with Crippen LogP contribution in [0.3, 0.4) is 0 Å². The van der Waals surface area contributed by atoms with E-state index in [1.54, 1.807) is 0 Å². The van der Waals surface area contributed by atoms with Gasteiger partial charge in [0.1, 0.15) is 6.54 Å². The summed E-state index contributed by atoms with van der Waals surface area (Å²) in [6.45, 7) is 3.55. The zero-order valence-corrected chi connectivity index (χ0v) is 11.9. The quantitative estimate of drug-likeness (QED) is 0.910. The predicted molar refractivity (Wildman–Crippen MR) is 77.2 cm³/mol. The number of hydrogen-bond acceptors (Lipinski definition) is 3. The highest BCUT2D eigenvalue weighted by molar-refractivity contribution is 6.01. The first-order valence-corrected chi connectivity index (χ1v) is 6.82. The summed E-state index contributed by atoms with van der Waals surface area (Å²) in [6.07, 6.45) is 2.26. The van der Waals surface area contributed by atoms with Crippen LogP contribution >= 0.6 is 0 Å². The monoisotopic (exact) mass is 276 g/mol. The largest absolute Gasteiger partial charge is 0.480 e. The lowest BCUT2D eigenvalue weighted by atomic mass is 10.1. The minimum Gasteiger partial charge on any atom is -0.480 e. The van der Waals surface area contributed by atoms with Crippen LogP contribution in [0, 0.1) is 6.92 Å². The van der Waals surface area contributed by atoms with Crippen LogP contribution in [-0.2, 0) is 4.79 Å². The summed E-state index contributed by atoms with van der Waals surface area (Å²) in [5, 5.41) is 8.81. The normalized spacial score (nSPS) is 14.4. The number of rotatable bonds is 4. The maximum atomic E-state index is 12.4. The second kappa shape index (κ2) is 5.94. The Kier molecular flexibility index (Phi) is 4.27. The van der Waals surface area contributed by atoms with Crippen LogP contribution in [0.15, 0.2) is 18.2 Å². The molecule has 0 saturated carbocycles. The van der Waals surface area contributed by atoms with Crippen LogP contribution in [0.25, 0.3) is 0 Å². The summed E-state index contributed by atoms with van der Waals surface area (Å²) in [5.74, 6) is -1.24.